The summed E-state index contributed by atoms with van der Waals surface area (Å²) in [5.74, 6) is -1.20. The molecule has 0 aliphatic carbocycles. The maximum Gasteiger partial charge on any atom is 0.306 e. The first-order valence-corrected chi connectivity index (χ1v) is 34.3. The van der Waals surface area contributed by atoms with Crippen LogP contribution in [0.2, 0.25) is 0 Å². The SMILES string of the molecule is CCCCCCCC/C=C/CCCCCCCCCCCCCCCCC(O)C(=O)NC(COC1OC(CO)C(O)C(O)C1OC(=O)CCCCC/C=C\CCCCCCCCC)C(O)/C=C/CCCCCCCCCCCCC. The third kappa shape index (κ3) is 44.4. The zero-order valence-electron chi connectivity index (χ0n) is 52.2. The lowest BCUT2D eigenvalue weighted by atomic mass is 9.99. The van der Waals surface area contributed by atoms with Gasteiger partial charge in [0, 0.05) is 6.42 Å². The molecule has 0 aromatic carbocycles. The van der Waals surface area contributed by atoms with E-state index in [1.54, 1.807) is 6.08 Å². The van der Waals surface area contributed by atoms with Gasteiger partial charge in [0.25, 0.3) is 0 Å². The van der Waals surface area contributed by atoms with E-state index in [9.17, 15) is 35.1 Å². The number of rotatable bonds is 59. The quantitative estimate of drug-likeness (QED) is 0.0195. The van der Waals surface area contributed by atoms with Gasteiger partial charge in [0.05, 0.1) is 25.4 Å². The second-order valence-electron chi connectivity index (χ2n) is 23.9. The topological polar surface area (TPSA) is 175 Å². The summed E-state index contributed by atoms with van der Waals surface area (Å²) in [5, 5.41) is 57.1. The number of amides is 1. The molecule has 0 aromatic heterocycles. The van der Waals surface area contributed by atoms with E-state index in [-0.39, 0.29) is 13.0 Å². The highest BCUT2D eigenvalue weighted by atomic mass is 16.7. The number of allylic oxidation sites excluding steroid dienone is 5. The fourth-order valence-electron chi connectivity index (χ4n) is 10.8. The van der Waals surface area contributed by atoms with Gasteiger partial charge in [-0.15, -0.1) is 0 Å². The van der Waals surface area contributed by atoms with Gasteiger partial charge < -0.3 is 45.1 Å². The van der Waals surface area contributed by atoms with Crippen LogP contribution in [0.3, 0.4) is 0 Å². The Labute approximate surface area is 492 Å². The summed E-state index contributed by atoms with van der Waals surface area (Å²) in [6.45, 7) is 5.81. The summed E-state index contributed by atoms with van der Waals surface area (Å²) in [4.78, 5) is 26.6. The van der Waals surface area contributed by atoms with E-state index in [1.807, 2.05) is 6.08 Å². The van der Waals surface area contributed by atoms with Crippen molar-refractivity contribution in [2.75, 3.05) is 13.2 Å². The molecule has 1 aliphatic heterocycles. The zero-order chi connectivity index (χ0) is 58.2. The predicted octanol–water partition coefficient (Wildman–Crippen LogP) is 17.0. The van der Waals surface area contributed by atoms with Crippen LogP contribution in [-0.4, -0.2) is 99.6 Å². The van der Waals surface area contributed by atoms with Crippen LogP contribution >= 0.6 is 0 Å². The molecule has 1 fully saturated rings. The second kappa shape index (κ2) is 57.3. The average Bonchev–Trinajstić information content (AvgIpc) is 3.51. The fraction of sp³-hybridized carbons (Fsp3) is 0.884. The summed E-state index contributed by atoms with van der Waals surface area (Å²) in [6, 6.07) is -1.02. The highest BCUT2D eigenvalue weighted by Crippen LogP contribution is 2.26. The molecule has 1 rings (SSSR count). The zero-order valence-corrected chi connectivity index (χ0v) is 52.2. The maximum atomic E-state index is 13.5. The third-order valence-electron chi connectivity index (χ3n) is 16.3. The van der Waals surface area contributed by atoms with E-state index < -0.39 is 67.4 Å². The Morgan fingerprint density at radius 1 is 0.475 bits per heavy atom. The number of carbonyl (C=O) groups excluding carboxylic acids is 2. The molecule has 0 saturated carbocycles. The Kier molecular flexibility index (Phi) is 54.4. The van der Waals surface area contributed by atoms with Crippen molar-refractivity contribution in [2.45, 2.75) is 378 Å². The summed E-state index contributed by atoms with van der Waals surface area (Å²) in [6.07, 6.45) is 59.1. The molecule has 0 aromatic rings. The van der Waals surface area contributed by atoms with Crippen molar-refractivity contribution in [3.8, 4) is 0 Å². The Morgan fingerprint density at radius 3 is 1.21 bits per heavy atom. The molecular weight excluding hydrogens is 1000 g/mol. The molecule has 1 aliphatic rings. The molecule has 8 atom stereocenters. The van der Waals surface area contributed by atoms with E-state index in [1.165, 1.54) is 218 Å². The Bertz CT molecular complexity index is 1440. The first kappa shape index (κ1) is 75.9. The van der Waals surface area contributed by atoms with Crippen LogP contribution in [0.25, 0.3) is 0 Å². The van der Waals surface area contributed by atoms with Crippen LogP contribution in [0.4, 0.5) is 0 Å². The molecule has 0 spiro atoms. The van der Waals surface area contributed by atoms with Gasteiger partial charge in [-0.2, -0.15) is 0 Å². The summed E-state index contributed by atoms with van der Waals surface area (Å²) >= 11 is 0. The van der Waals surface area contributed by atoms with Gasteiger partial charge in [0.2, 0.25) is 5.91 Å². The third-order valence-corrected chi connectivity index (χ3v) is 16.3. The second-order valence-corrected chi connectivity index (χ2v) is 23.9. The maximum absolute atomic E-state index is 13.5. The van der Waals surface area contributed by atoms with E-state index >= 15 is 0 Å². The van der Waals surface area contributed by atoms with Crippen molar-refractivity contribution in [2.24, 2.45) is 0 Å². The minimum atomic E-state index is -1.62. The number of hydrogen-bond acceptors (Lipinski definition) is 10. The van der Waals surface area contributed by atoms with Crippen molar-refractivity contribution in [3.63, 3.8) is 0 Å². The van der Waals surface area contributed by atoms with Gasteiger partial charge in [-0.3, -0.25) is 9.59 Å². The molecule has 1 heterocycles. The van der Waals surface area contributed by atoms with Crippen LogP contribution in [0.5, 0.6) is 0 Å². The summed E-state index contributed by atoms with van der Waals surface area (Å²) < 4.78 is 17.6. The fourth-order valence-corrected chi connectivity index (χ4v) is 10.8. The smallest absolute Gasteiger partial charge is 0.306 e. The van der Waals surface area contributed by atoms with Gasteiger partial charge in [-0.05, 0) is 77.0 Å². The first-order valence-electron chi connectivity index (χ1n) is 34.3. The van der Waals surface area contributed by atoms with Gasteiger partial charge in [0.1, 0.15) is 24.4 Å². The molecule has 0 bridgehead atoms. The van der Waals surface area contributed by atoms with Gasteiger partial charge in [-0.1, -0.05) is 282 Å². The Morgan fingerprint density at radius 2 is 0.825 bits per heavy atom. The average molecular weight is 1130 g/mol. The number of nitrogens with one attached hydrogen (secondary N) is 1. The molecule has 1 amide bonds. The number of aliphatic hydroxyl groups is 5. The molecular formula is C69H129NO10. The minimum Gasteiger partial charge on any atom is -0.454 e. The predicted molar refractivity (Wildman–Crippen MR) is 334 cm³/mol. The van der Waals surface area contributed by atoms with Crippen molar-refractivity contribution in [3.05, 3.63) is 36.5 Å². The first-order chi connectivity index (χ1) is 39.2. The highest BCUT2D eigenvalue weighted by molar-refractivity contribution is 5.80. The van der Waals surface area contributed by atoms with Crippen molar-refractivity contribution >= 4 is 11.9 Å². The van der Waals surface area contributed by atoms with E-state index in [0.29, 0.717) is 19.3 Å². The summed E-state index contributed by atoms with van der Waals surface area (Å²) in [7, 11) is 0. The number of aliphatic hydroxyl groups excluding tert-OH is 5. The lowest BCUT2D eigenvalue weighted by Crippen LogP contribution is -2.61. The molecule has 8 unspecified atom stereocenters. The lowest BCUT2D eigenvalue weighted by molar-refractivity contribution is -0.305. The molecule has 1 saturated heterocycles. The number of unbranched alkanes of at least 4 members (excludes halogenated alkanes) is 41. The van der Waals surface area contributed by atoms with Crippen molar-refractivity contribution < 1.29 is 49.3 Å². The van der Waals surface area contributed by atoms with E-state index in [4.69, 9.17) is 14.2 Å². The van der Waals surface area contributed by atoms with Gasteiger partial charge in [0.15, 0.2) is 12.4 Å². The van der Waals surface area contributed by atoms with Crippen LogP contribution in [0, 0.1) is 0 Å². The molecule has 6 N–H and O–H groups in total. The molecule has 0 radical (unpaired) electrons. The summed E-state index contributed by atoms with van der Waals surface area (Å²) in [5.41, 5.74) is 0. The minimum absolute atomic E-state index is 0.106. The van der Waals surface area contributed by atoms with E-state index in [2.05, 4.69) is 50.4 Å². The number of esters is 1. The molecule has 470 valence electrons. The monoisotopic (exact) mass is 1130 g/mol. The lowest BCUT2D eigenvalue weighted by Gasteiger charge is -2.41. The van der Waals surface area contributed by atoms with Crippen LogP contribution in [-0.2, 0) is 23.8 Å². The van der Waals surface area contributed by atoms with Crippen LogP contribution in [0.15, 0.2) is 36.5 Å². The van der Waals surface area contributed by atoms with Crippen molar-refractivity contribution in [1.29, 1.82) is 0 Å². The normalized spacial score (nSPS) is 18.9. The largest absolute Gasteiger partial charge is 0.454 e. The highest BCUT2D eigenvalue weighted by Gasteiger charge is 2.47. The van der Waals surface area contributed by atoms with Crippen LogP contribution in [0.1, 0.15) is 329 Å². The number of carbonyl (C=O) groups is 2. The Balaban J connectivity index is 2.60. The van der Waals surface area contributed by atoms with Gasteiger partial charge in [-0.25, -0.2) is 0 Å². The number of hydrogen-bond donors (Lipinski definition) is 6. The molecule has 11 heteroatoms. The Hall–Kier alpha value is -2.12. The van der Waals surface area contributed by atoms with Crippen molar-refractivity contribution in [1.82, 2.24) is 5.32 Å². The van der Waals surface area contributed by atoms with Gasteiger partial charge >= 0.3 is 5.97 Å². The molecule has 80 heavy (non-hydrogen) atoms. The molecule has 11 nitrogen and oxygen atoms in total. The number of ether oxygens (including phenoxy) is 3. The van der Waals surface area contributed by atoms with Crippen LogP contribution < -0.4 is 5.32 Å². The standard InChI is InChI=1S/C69H129NO10/c1-4-7-10-13-16-19-22-25-27-28-29-30-31-32-33-34-35-36-38-41-44-47-50-53-56-62(73)68(77)70-60(61(72)55-52-49-46-43-40-37-24-21-18-15-12-9-6-3)59-78-69-67(66(76)65(75)63(58-71)79-69)80-64(74)57-54-51-48-45-42-39-26-23-20-17-14-11-8-5-2/h25,27,39,42,52,55,60-63,65-67,69,71-73,75-76H,4-24,26,28-38,40-41,43-51,53-54,56-59H2,1-3H3,(H,70,77)/b27-25+,42-39-,55-52+. The van der Waals surface area contributed by atoms with E-state index in [0.717, 1.165) is 64.2 Å².